The van der Waals surface area contributed by atoms with Crippen LogP contribution in [-0.4, -0.2) is 38.7 Å². The summed E-state index contributed by atoms with van der Waals surface area (Å²) in [6, 6.07) is 0. The van der Waals surface area contributed by atoms with E-state index in [4.69, 9.17) is 14.9 Å². The average Bonchev–Trinajstić information content (AvgIpc) is 2.66. The lowest BCUT2D eigenvalue weighted by molar-refractivity contribution is 0.0686. The fourth-order valence-corrected chi connectivity index (χ4v) is 1.87. The van der Waals surface area contributed by atoms with E-state index in [1.807, 2.05) is 6.92 Å². The molecule has 1 unspecified atom stereocenters. The van der Waals surface area contributed by atoms with Gasteiger partial charge in [-0.15, -0.1) is 0 Å². The fraction of sp³-hybridized carbons (Fsp3) is 0.600. The number of aromatic carboxylic acids is 1. The van der Waals surface area contributed by atoms with Gasteiger partial charge < -0.3 is 14.9 Å². The van der Waals surface area contributed by atoms with Gasteiger partial charge in [-0.3, -0.25) is 0 Å². The Morgan fingerprint density at radius 2 is 2.44 bits per heavy atom. The zero-order chi connectivity index (χ0) is 11.7. The lowest BCUT2D eigenvalue weighted by Gasteiger charge is -2.23. The molecule has 0 bridgehead atoms. The number of aliphatic hydroxyl groups excluding tert-OH is 1. The van der Waals surface area contributed by atoms with Gasteiger partial charge in [0.2, 0.25) is 5.88 Å². The van der Waals surface area contributed by atoms with Crippen molar-refractivity contribution < 1.29 is 19.7 Å². The van der Waals surface area contributed by atoms with Crippen LogP contribution in [0, 0.1) is 0 Å². The number of fused-ring (bicyclic) bond motifs is 1. The number of hydrogen-bond acceptors (Lipinski definition) is 4. The molecule has 88 valence electrons. The van der Waals surface area contributed by atoms with Crippen LogP contribution in [0.2, 0.25) is 0 Å². The molecule has 2 rings (SSSR count). The normalized spacial score (nSPS) is 19.0. The van der Waals surface area contributed by atoms with Crippen LogP contribution in [0.5, 0.6) is 5.88 Å². The molecule has 2 heterocycles. The van der Waals surface area contributed by atoms with Crippen LogP contribution in [-0.2, 0) is 13.0 Å². The van der Waals surface area contributed by atoms with Crippen LogP contribution in [0.1, 0.15) is 29.4 Å². The average molecular weight is 226 g/mol. The molecule has 1 aromatic heterocycles. The first-order valence-electron chi connectivity index (χ1n) is 5.27. The number of rotatable bonds is 3. The van der Waals surface area contributed by atoms with E-state index in [1.54, 1.807) is 4.68 Å². The van der Waals surface area contributed by atoms with Gasteiger partial charge >= 0.3 is 5.97 Å². The molecule has 1 aromatic rings. The van der Waals surface area contributed by atoms with Crippen LogP contribution >= 0.6 is 0 Å². The zero-order valence-corrected chi connectivity index (χ0v) is 9.01. The minimum atomic E-state index is -1.04. The second kappa shape index (κ2) is 4.13. The number of ether oxygens (including phenoxy) is 1. The molecule has 0 aromatic carbocycles. The minimum Gasteiger partial charge on any atom is -0.476 e. The molecule has 0 amide bonds. The SMILES string of the molecule is CCc1c(C(=O)O)nn2c1OC(CO)CC2. The van der Waals surface area contributed by atoms with Gasteiger partial charge in [0.05, 0.1) is 6.61 Å². The van der Waals surface area contributed by atoms with Crippen LogP contribution in [0.15, 0.2) is 0 Å². The first kappa shape index (κ1) is 10.9. The van der Waals surface area contributed by atoms with Crippen molar-refractivity contribution in [3.05, 3.63) is 11.3 Å². The lowest BCUT2D eigenvalue weighted by atomic mass is 10.1. The molecule has 16 heavy (non-hydrogen) atoms. The van der Waals surface area contributed by atoms with Crippen LogP contribution < -0.4 is 4.74 Å². The predicted octanol–water partition coefficient (Wildman–Crippen LogP) is 0.287. The van der Waals surface area contributed by atoms with E-state index >= 15 is 0 Å². The highest BCUT2D eigenvalue weighted by Gasteiger charge is 2.28. The van der Waals surface area contributed by atoms with Gasteiger partial charge in [-0.1, -0.05) is 6.92 Å². The molecule has 0 spiro atoms. The fourth-order valence-electron chi connectivity index (χ4n) is 1.87. The van der Waals surface area contributed by atoms with Crippen molar-refractivity contribution in [2.75, 3.05) is 6.61 Å². The van der Waals surface area contributed by atoms with Crippen molar-refractivity contribution in [2.45, 2.75) is 32.4 Å². The maximum absolute atomic E-state index is 11.0. The van der Waals surface area contributed by atoms with Gasteiger partial charge in [0, 0.05) is 18.5 Å². The second-order valence-corrected chi connectivity index (χ2v) is 3.73. The van der Waals surface area contributed by atoms with Gasteiger partial charge in [0.1, 0.15) is 6.10 Å². The number of carboxylic acids is 1. The Hall–Kier alpha value is -1.56. The third-order valence-corrected chi connectivity index (χ3v) is 2.70. The van der Waals surface area contributed by atoms with Gasteiger partial charge in [0.15, 0.2) is 5.69 Å². The minimum absolute atomic E-state index is 0.0519. The van der Waals surface area contributed by atoms with Gasteiger partial charge in [0.25, 0.3) is 0 Å². The van der Waals surface area contributed by atoms with Crippen LogP contribution in [0.3, 0.4) is 0 Å². The Bertz CT molecular complexity index is 413. The van der Waals surface area contributed by atoms with Gasteiger partial charge in [-0.05, 0) is 6.42 Å². The number of aryl methyl sites for hydroxylation is 1. The lowest BCUT2D eigenvalue weighted by Crippen LogP contribution is -2.29. The Labute approximate surface area is 92.5 Å². The quantitative estimate of drug-likeness (QED) is 0.773. The number of nitrogens with zero attached hydrogens (tertiary/aromatic N) is 2. The summed E-state index contributed by atoms with van der Waals surface area (Å²) in [5.41, 5.74) is 0.654. The molecule has 2 N–H and O–H groups in total. The second-order valence-electron chi connectivity index (χ2n) is 3.73. The van der Waals surface area contributed by atoms with E-state index in [2.05, 4.69) is 5.10 Å². The van der Waals surface area contributed by atoms with Crippen molar-refractivity contribution in [3.63, 3.8) is 0 Å². The van der Waals surface area contributed by atoms with E-state index in [1.165, 1.54) is 0 Å². The van der Waals surface area contributed by atoms with Gasteiger partial charge in [-0.25, -0.2) is 9.48 Å². The van der Waals surface area contributed by atoms with E-state index in [-0.39, 0.29) is 18.4 Å². The third kappa shape index (κ3) is 1.65. The van der Waals surface area contributed by atoms with E-state index in [9.17, 15) is 4.79 Å². The van der Waals surface area contributed by atoms with Crippen molar-refractivity contribution >= 4 is 5.97 Å². The molecule has 0 fully saturated rings. The Morgan fingerprint density at radius 1 is 1.69 bits per heavy atom. The van der Waals surface area contributed by atoms with Crippen molar-refractivity contribution in [3.8, 4) is 5.88 Å². The molecule has 6 heteroatoms. The summed E-state index contributed by atoms with van der Waals surface area (Å²) in [6.45, 7) is 2.38. The molecule has 0 saturated carbocycles. The molecule has 0 radical (unpaired) electrons. The Balaban J connectivity index is 2.41. The number of hydrogen-bond donors (Lipinski definition) is 2. The first-order valence-corrected chi connectivity index (χ1v) is 5.27. The summed E-state index contributed by atoms with van der Waals surface area (Å²) in [6.07, 6.45) is 0.943. The largest absolute Gasteiger partial charge is 0.476 e. The standard InChI is InChI=1S/C10H14N2O4/c1-2-7-8(10(14)15)11-12-4-3-6(5-13)16-9(7)12/h6,13H,2-5H2,1H3,(H,14,15). The first-order chi connectivity index (χ1) is 7.67. The van der Waals surface area contributed by atoms with Crippen LogP contribution in [0.25, 0.3) is 0 Å². The van der Waals surface area contributed by atoms with Crippen LogP contribution in [0.4, 0.5) is 0 Å². The molecular weight excluding hydrogens is 212 g/mol. The summed E-state index contributed by atoms with van der Waals surface area (Å²) >= 11 is 0. The molecule has 0 aliphatic carbocycles. The predicted molar refractivity (Wildman–Crippen MR) is 54.7 cm³/mol. The molecule has 1 aliphatic heterocycles. The van der Waals surface area contributed by atoms with E-state index in [0.29, 0.717) is 30.8 Å². The number of aromatic nitrogens is 2. The van der Waals surface area contributed by atoms with Crippen molar-refractivity contribution in [2.24, 2.45) is 0 Å². The third-order valence-electron chi connectivity index (χ3n) is 2.70. The number of aliphatic hydroxyl groups is 1. The smallest absolute Gasteiger partial charge is 0.356 e. The van der Waals surface area contributed by atoms with Crippen molar-refractivity contribution in [1.82, 2.24) is 9.78 Å². The summed E-state index contributed by atoms with van der Waals surface area (Å²) < 4.78 is 7.09. The topological polar surface area (TPSA) is 84.6 Å². The number of carbonyl (C=O) groups is 1. The maximum atomic E-state index is 11.0. The summed E-state index contributed by atoms with van der Waals surface area (Å²) in [5, 5.41) is 22.0. The Morgan fingerprint density at radius 3 is 3.00 bits per heavy atom. The monoisotopic (exact) mass is 226 g/mol. The molecule has 1 aliphatic rings. The highest BCUT2D eigenvalue weighted by Crippen LogP contribution is 2.28. The molecule has 6 nitrogen and oxygen atoms in total. The molecule has 0 saturated heterocycles. The zero-order valence-electron chi connectivity index (χ0n) is 9.01. The highest BCUT2D eigenvalue weighted by atomic mass is 16.5. The van der Waals surface area contributed by atoms with E-state index < -0.39 is 5.97 Å². The van der Waals surface area contributed by atoms with Crippen molar-refractivity contribution in [1.29, 1.82) is 0 Å². The Kier molecular flexibility index (Phi) is 2.82. The summed E-state index contributed by atoms with van der Waals surface area (Å²) in [4.78, 5) is 11.0. The number of carboxylic acid groups (broad SMARTS) is 1. The molecule has 1 atom stereocenters. The maximum Gasteiger partial charge on any atom is 0.356 e. The van der Waals surface area contributed by atoms with Gasteiger partial charge in [-0.2, -0.15) is 5.10 Å². The molecular formula is C10H14N2O4. The summed E-state index contributed by atoms with van der Waals surface area (Å²) in [7, 11) is 0. The van der Waals surface area contributed by atoms with E-state index in [0.717, 1.165) is 0 Å². The highest BCUT2D eigenvalue weighted by molar-refractivity contribution is 5.87. The summed E-state index contributed by atoms with van der Waals surface area (Å²) in [5.74, 6) is -0.548.